The van der Waals surface area contributed by atoms with Gasteiger partial charge in [0, 0.05) is 0 Å². The third-order valence-corrected chi connectivity index (χ3v) is 1.01. The Balaban J connectivity index is 2.98. The molecule has 0 aromatic rings. The molecule has 49 valence electrons. The van der Waals surface area contributed by atoms with Gasteiger partial charge in [0.15, 0.2) is 0 Å². The van der Waals surface area contributed by atoms with Gasteiger partial charge in [-0.3, -0.25) is 0 Å². The minimum Gasteiger partial charge on any atom is -0.0991 e. The van der Waals surface area contributed by atoms with Gasteiger partial charge in [-0.15, -0.1) is 0 Å². The average Bonchev–Trinajstić information content (AvgIpc) is 1.89. The summed E-state index contributed by atoms with van der Waals surface area (Å²) in [7, 11) is 0. The predicted molar refractivity (Wildman–Crippen MR) is 42.1 cm³/mol. The van der Waals surface area contributed by atoms with E-state index in [2.05, 4.69) is 12.7 Å². The second-order valence-corrected chi connectivity index (χ2v) is 1.83. The molecule has 0 aliphatic rings. The van der Waals surface area contributed by atoms with Crippen molar-refractivity contribution in [2.24, 2.45) is 0 Å². The maximum Gasteiger partial charge on any atom is -0.0345 e. The van der Waals surface area contributed by atoms with Crippen LogP contribution in [0, 0.1) is 6.58 Å². The zero-order valence-corrected chi connectivity index (χ0v) is 5.72. The third-order valence-electron chi connectivity index (χ3n) is 1.01. The van der Waals surface area contributed by atoms with E-state index in [4.69, 9.17) is 6.58 Å². The number of unbranched alkanes of at least 4 members (excludes halogenated alkanes) is 2. The van der Waals surface area contributed by atoms with Crippen LogP contribution < -0.4 is 0 Å². The molecule has 0 N–H and O–H groups in total. The van der Waals surface area contributed by atoms with Crippen LogP contribution in [0.1, 0.15) is 19.3 Å². The molecule has 0 heteroatoms. The summed E-state index contributed by atoms with van der Waals surface area (Å²) in [6.45, 7) is 8.73. The molecule has 0 saturated carbocycles. The summed E-state index contributed by atoms with van der Waals surface area (Å²) in [6.07, 6.45) is 10.8. The first-order valence-electron chi connectivity index (χ1n) is 3.22. The van der Waals surface area contributed by atoms with Gasteiger partial charge in [0.25, 0.3) is 0 Å². The lowest BCUT2D eigenvalue weighted by Crippen LogP contribution is -1.66. The smallest absolute Gasteiger partial charge is 0.0345 e. The van der Waals surface area contributed by atoms with E-state index in [0.29, 0.717) is 0 Å². The molecule has 0 aliphatic carbocycles. The SMILES string of the molecule is [CH]=CCCCC=CC=C. The first-order chi connectivity index (χ1) is 4.41. The van der Waals surface area contributed by atoms with Crippen LogP contribution in [-0.2, 0) is 0 Å². The highest BCUT2D eigenvalue weighted by atomic mass is 13.8. The molecular formula is C9H13. The quantitative estimate of drug-likeness (QED) is 0.387. The minimum absolute atomic E-state index is 1.00. The summed E-state index contributed by atoms with van der Waals surface area (Å²) >= 11 is 0. The van der Waals surface area contributed by atoms with Crippen molar-refractivity contribution >= 4 is 0 Å². The van der Waals surface area contributed by atoms with E-state index < -0.39 is 0 Å². The Kier molecular flexibility index (Phi) is 6.59. The first-order valence-corrected chi connectivity index (χ1v) is 3.22. The number of rotatable bonds is 5. The molecule has 1 radical (unpaired) electrons. The molecule has 0 amide bonds. The predicted octanol–water partition coefficient (Wildman–Crippen LogP) is 2.89. The molecule has 0 rings (SSSR count). The fraction of sp³-hybridized carbons (Fsp3) is 0.333. The van der Waals surface area contributed by atoms with Crippen LogP contribution in [0.3, 0.4) is 0 Å². The summed E-state index contributed by atoms with van der Waals surface area (Å²) in [6, 6.07) is 0. The van der Waals surface area contributed by atoms with Crippen LogP contribution in [0.15, 0.2) is 30.9 Å². The van der Waals surface area contributed by atoms with Crippen LogP contribution in [0.25, 0.3) is 0 Å². The van der Waals surface area contributed by atoms with Gasteiger partial charge < -0.3 is 0 Å². The van der Waals surface area contributed by atoms with Crippen molar-refractivity contribution in [3.63, 3.8) is 0 Å². The molecule has 9 heavy (non-hydrogen) atoms. The minimum atomic E-state index is 1.00. The summed E-state index contributed by atoms with van der Waals surface area (Å²) in [5.74, 6) is 0. The zero-order chi connectivity index (χ0) is 6.95. The summed E-state index contributed by atoms with van der Waals surface area (Å²) in [5, 5.41) is 0. The Hall–Kier alpha value is -0.780. The van der Waals surface area contributed by atoms with Gasteiger partial charge in [-0.25, -0.2) is 0 Å². The maximum atomic E-state index is 5.17. The van der Waals surface area contributed by atoms with Gasteiger partial charge in [-0.05, 0) is 19.3 Å². The monoisotopic (exact) mass is 121 g/mol. The van der Waals surface area contributed by atoms with Crippen molar-refractivity contribution in [1.82, 2.24) is 0 Å². The molecule has 0 bridgehead atoms. The number of hydrogen-bond acceptors (Lipinski definition) is 0. The number of hydrogen-bond donors (Lipinski definition) is 0. The van der Waals surface area contributed by atoms with E-state index in [0.717, 1.165) is 19.3 Å². The molecule has 0 saturated heterocycles. The average molecular weight is 121 g/mol. The molecular weight excluding hydrogens is 108 g/mol. The Morgan fingerprint density at radius 1 is 1.33 bits per heavy atom. The molecule has 0 heterocycles. The van der Waals surface area contributed by atoms with Gasteiger partial charge in [0.2, 0.25) is 0 Å². The topological polar surface area (TPSA) is 0 Å². The highest BCUT2D eigenvalue weighted by Gasteiger charge is 1.76. The van der Waals surface area contributed by atoms with Crippen molar-refractivity contribution in [2.45, 2.75) is 19.3 Å². The zero-order valence-electron chi connectivity index (χ0n) is 5.72. The van der Waals surface area contributed by atoms with E-state index in [-0.39, 0.29) is 0 Å². The highest BCUT2D eigenvalue weighted by Crippen LogP contribution is 1.95. The molecule has 0 unspecified atom stereocenters. The van der Waals surface area contributed by atoms with Gasteiger partial charge in [-0.2, -0.15) is 0 Å². The van der Waals surface area contributed by atoms with Gasteiger partial charge in [0.05, 0.1) is 0 Å². The van der Waals surface area contributed by atoms with Crippen LogP contribution in [0.4, 0.5) is 0 Å². The van der Waals surface area contributed by atoms with Crippen molar-refractivity contribution in [3.05, 3.63) is 37.5 Å². The molecule has 0 aliphatic heterocycles. The molecule has 0 nitrogen and oxygen atoms in total. The Bertz CT molecular complexity index is 98.6. The van der Waals surface area contributed by atoms with Crippen molar-refractivity contribution in [2.75, 3.05) is 0 Å². The van der Waals surface area contributed by atoms with Gasteiger partial charge in [-0.1, -0.05) is 37.5 Å². The Morgan fingerprint density at radius 2 is 2.11 bits per heavy atom. The maximum absolute atomic E-state index is 5.17. The molecule has 0 fully saturated rings. The molecule has 0 atom stereocenters. The normalized spacial score (nSPS) is 9.78. The number of allylic oxidation sites excluding steroid dienone is 4. The lowest BCUT2D eigenvalue weighted by atomic mass is 10.2. The fourth-order valence-electron chi connectivity index (χ4n) is 0.546. The Labute approximate surface area is 57.6 Å². The standard InChI is InChI=1S/C9H13/c1-3-5-7-9-8-6-4-2/h1,3-4,6,8H,2,5,7,9H2. The van der Waals surface area contributed by atoms with E-state index in [1.54, 1.807) is 12.2 Å². The van der Waals surface area contributed by atoms with Crippen LogP contribution in [0.5, 0.6) is 0 Å². The van der Waals surface area contributed by atoms with Gasteiger partial charge >= 0.3 is 0 Å². The third kappa shape index (κ3) is 7.22. The van der Waals surface area contributed by atoms with Crippen LogP contribution >= 0.6 is 0 Å². The Morgan fingerprint density at radius 3 is 2.67 bits per heavy atom. The lowest BCUT2D eigenvalue weighted by Gasteiger charge is -1.85. The van der Waals surface area contributed by atoms with E-state index in [9.17, 15) is 0 Å². The fourth-order valence-corrected chi connectivity index (χ4v) is 0.546. The molecule has 0 aromatic carbocycles. The van der Waals surface area contributed by atoms with Gasteiger partial charge in [0.1, 0.15) is 0 Å². The van der Waals surface area contributed by atoms with E-state index >= 15 is 0 Å². The summed E-state index contributed by atoms with van der Waals surface area (Å²) in [4.78, 5) is 0. The van der Waals surface area contributed by atoms with Crippen molar-refractivity contribution < 1.29 is 0 Å². The summed E-state index contributed by atoms with van der Waals surface area (Å²) < 4.78 is 0. The molecule has 0 aromatic heterocycles. The largest absolute Gasteiger partial charge is 0.0991 e. The van der Waals surface area contributed by atoms with Crippen LogP contribution in [0.2, 0.25) is 0 Å². The lowest BCUT2D eigenvalue weighted by molar-refractivity contribution is 0.869. The van der Waals surface area contributed by atoms with E-state index in [1.165, 1.54) is 0 Å². The van der Waals surface area contributed by atoms with Crippen molar-refractivity contribution in [1.29, 1.82) is 0 Å². The summed E-state index contributed by atoms with van der Waals surface area (Å²) in [5.41, 5.74) is 0. The highest BCUT2D eigenvalue weighted by molar-refractivity contribution is 4.96. The van der Waals surface area contributed by atoms with E-state index in [1.807, 2.05) is 6.08 Å². The second kappa shape index (κ2) is 7.22. The molecule has 0 spiro atoms. The second-order valence-electron chi connectivity index (χ2n) is 1.83. The first kappa shape index (κ1) is 8.22. The van der Waals surface area contributed by atoms with Crippen molar-refractivity contribution in [3.8, 4) is 0 Å². The van der Waals surface area contributed by atoms with Crippen LogP contribution in [-0.4, -0.2) is 0 Å².